The molecular formula is C11H17NO4S2. The molecular weight excluding hydrogens is 274 g/mol. The Morgan fingerprint density at radius 2 is 2.28 bits per heavy atom. The average molecular weight is 291 g/mol. The fourth-order valence-corrected chi connectivity index (χ4v) is 3.85. The van der Waals surface area contributed by atoms with Crippen molar-refractivity contribution >= 4 is 21.4 Å². The van der Waals surface area contributed by atoms with E-state index in [2.05, 4.69) is 4.72 Å². The number of thiophene rings is 1. The molecule has 0 aliphatic heterocycles. The molecule has 2 rings (SSSR count). The van der Waals surface area contributed by atoms with E-state index >= 15 is 0 Å². The van der Waals surface area contributed by atoms with Crippen molar-refractivity contribution in [2.45, 2.75) is 24.3 Å². The highest BCUT2D eigenvalue weighted by molar-refractivity contribution is 7.89. The Kier molecular flexibility index (Phi) is 4.74. The van der Waals surface area contributed by atoms with E-state index in [0.717, 1.165) is 6.61 Å². The lowest BCUT2D eigenvalue weighted by atomic mass is 10.5. The first kappa shape index (κ1) is 14.0. The van der Waals surface area contributed by atoms with E-state index in [1.165, 1.54) is 30.2 Å². The van der Waals surface area contributed by atoms with Crippen LogP contribution >= 0.6 is 11.3 Å². The number of hydrogen-bond donors (Lipinski definition) is 2. The number of ether oxygens (including phenoxy) is 1. The molecule has 1 aliphatic rings. The minimum Gasteiger partial charge on any atom is -0.391 e. The summed E-state index contributed by atoms with van der Waals surface area (Å²) in [5.74, 6) is 0.680. The minimum atomic E-state index is -3.52. The summed E-state index contributed by atoms with van der Waals surface area (Å²) in [6.45, 7) is 1.11. The van der Waals surface area contributed by atoms with Gasteiger partial charge in [-0.25, -0.2) is 13.1 Å². The summed E-state index contributed by atoms with van der Waals surface area (Å²) in [4.78, 5) is 0.624. The van der Waals surface area contributed by atoms with Crippen LogP contribution in [-0.4, -0.2) is 33.3 Å². The van der Waals surface area contributed by atoms with Gasteiger partial charge in [-0.3, -0.25) is 0 Å². The summed E-state index contributed by atoms with van der Waals surface area (Å²) in [6, 6.07) is 1.50. The van der Waals surface area contributed by atoms with Gasteiger partial charge < -0.3 is 9.84 Å². The number of aliphatic hydroxyl groups is 1. The fraction of sp³-hybridized carbons (Fsp3) is 0.636. The van der Waals surface area contributed by atoms with Crippen LogP contribution in [0, 0.1) is 5.92 Å². The van der Waals surface area contributed by atoms with Crippen LogP contribution in [0.2, 0.25) is 0 Å². The molecule has 1 heterocycles. The van der Waals surface area contributed by atoms with Crippen molar-refractivity contribution in [3.8, 4) is 0 Å². The first-order chi connectivity index (χ1) is 8.63. The molecule has 1 aromatic heterocycles. The van der Waals surface area contributed by atoms with Gasteiger partial charge in [0.15, 0.2) is 0 Å². The first-order valence-electron chi connectivity index (χ1n) is 5.88. The molecule has 0 atom stereocenters. The highest BCUT2D eigenvalue weighted by Gasteiger charge is 2.21. The Balaban J connectivity index is 1.79. The zero-order chi connectivity index (χ0) is 13.0. The van der Waals surface area contributed by atoms with E-state index in [0.29, 0.717) is 17.4 Å². The van der Waals surface area contributed by atoms with Gasteiger partial charge >= 0.3 is 0 Å². The Morgan fingerprint density at radius 1 is 1.50 bits per heavy atom. The van der Waals surface area contributed by atoms with Gasteiger partial charge in [-0.15, -0.1) is 11.3 Å². The molecule has 1 saturated carbocycles. The van der Waals surface area contributed by atoms with Crippen LogP contribution in [0.3, 0.4) is 0 Å². The highest BCUT2D eigenvalue weighted by atomic mass is 32.2. The Morgan fingerprint density at radius 3 is 2.94 bits per heavy atom. The lowest BCUT2D eigenvalue weighted by Crippen LogP contribution is -2.28. The van der Waals surface area contributed by atoms with E-state index < -0.39 is 10.0 Å². The molecule has 2 N–H and O–H groups in total. The van der Waals surface area contributed by atoms with Crippen molar-refractivity contribution in [3.63, 3.8) is 0 Å². The molecule has 0 amide bonds. The predicted octanol–water partition coefficient (Wildman–Crippen LogP) is 0.945. The third-order valence-corrected chi connectivity index (χ3v) is 5.31. The Hall–Kier alpha value is -0.470. The van der Waals surface area contributed by atoms with Gasteiger partial charge in [0.25, 0.3) is 0 Å². The number of hydrogen-bond acceptors (Lipinski definition) is 5. The van der Waals surface area contributed by atoms with Gasteiger partial charge in [-0.05, 0) is 30.2 Å². The van der Waals surface area contributed by atoms with Gasteiger partial charge in [0.2, 0.25) is 10.0 Å². The van der Waals surface area contributed by atoms with Gasteiger partial charge in [-0.2, -0.15) is 0 Å². The highest BCUT2D eigenvalue weighted by Crippen LogP contribution is 2.28. The topological polar surface area (TPSA) is 75.6 Å². The van der Waals surface area contributed by atoms with E-state index in [-0.39, 0.29) is 18.0 Å². The third-order valence-electron chi connectivity index (χ3n) is 2.73. The maximum atomic E-state index is 11.9. The SMILES string of the molecule is O=S(=O)(NCCOCC1CC1)c1ccsc1CO. The van der Waals surface area contributed by atoms with Crippen LogP contribution in [0.4, 0.5) is 0 Å². The van der Waals surface area contributed by atoms with Gasteiger partial charge in [0.1, 0.15) is 0 Å². The molecule has 102 valence electrons. The summed E-state index contributed by atoms with van der Waals surface area (Å²) in [6.07, 6.45) is 2.45. The van der Waals surface area contributed by atoms with Crippen LogP contribution < -0.4 is 4.72 Å². The number of rotatable bonds is 8. The molecule has 0 saturated heterocycles. The largest absolute Gasteiger partial charge is 0.391 e. The third kappa shape index (κ3) is 3.76. The lowest BCUT2D eigenvalue weighted by Gasteiger charge is -2.07. The molecule has 0 unspecified atom stereocenters. The normalized spacial score (nSPS) is 16.1. The summed E-state index contributed by atoms with van der Waals surface area (Å²) in [5.41, 5.74) is 0. The Bertz CT molecular complexity index is 479. The van der Waals surface area contributed by atoms with Crippen molar-refractivity contribution in [2.24, 2.45) is 5.92 Å². The number of nitrogens with one attached hydrogen (secondary N) is 1. The molecule has 0 aromatic carbocycles. The van der Waals surface area contributed by atoms with E-state index in [1.807, 2.05) is 0 Å². The standard InChI is InChI=1S/C11H17NO4S2/c13-7-10-11(3-6-17-10)18(14,15)12-4-5-16-8-9-1-2-9/h3,6,9,12-13H,1-2,4-5,7-8H2. The second kappa shape index (κ2) is 6.12. The summed E-state index contributed by atoms with van der Waals surface area (Å²) in [7, 11) is -3.52. The molecule has 0 spiro atoms. The zero-order valence-electron chi connectivity index (χ0n) is 9.96. The molecule has 0 bridgehead atoms. The molecule has 1 aromatic rings. The van der Waals surface area contributed by atoms with E-state index in [1.54, 1.807) is 5.38 Å². The van der Waals surface area contributed by atoms with Crippen molar-refractivity contribution in [2.75, 3.05) is 19.8 Å². The monoisotopic (exact) mass is 291 g/mol. The molecule has 7 heteroatoms. The maximum absolute atomic E-state index is 11.9. The number of aliphatic hydroxyl groups excluding tert-OH is 1. The summed E-state index contributed by atoms with van der Waals surface area (Å²) in [5, 5.41) is 10.7. The average Bonchev–Trinajstić information content (AvgIpc) is 3.03. The first-order valence-corrected chi connectivity index (χ1v) is 8.24. The number of sulfonamides is 1. The molecule has 0 radical (unpaired) electrons. The van der Waals surface area contributed by atoms with E-state index in [4.69, 9.17) is 9.84 Å². The zero-order valence-corrected chi connectivity index (χ0v) is 11.6. The molecule has 5 nitrogen and oxygen atoms in total. The molecule has 1 fully saturated rings. The van der Waals surface area contributed by atoms with Crippen LogP contribution in [0.15, 0.2) is 16.3 Å². The van der Waals surface area contributed by atoms with E-state index in [9.17, 15) is 8.42 Å². The molecule has 1 aliphatic carbocycles. The smallest absolute Gasteiger partial charge is 0.241 e. The maximum Gasteiger partial charge on any atom is 0.241 e. The van der Waals surface area contributed by atoms with Crippen molar-refractivity contribution in [1.82, 2.24) is 4.72 Å². The van der Waals surface area contributed by atoms with Gasteiger partial charge in [0, 0.05) is 18.0 Å². The second-order valence-corrected chi connectivity index (χ2v) is 7.02. The lowest BCUT2D eigenvalue weighted by molar-refractivity contribution is 0.129. The fourth-order valence-electron chi connectivity index (χ4n) is 1.54. The quantitative estimate of drug-likeness (QED) is 0.699. The Labute approximate surface area is 111 Å². The van der Waals surface area contributed by atoms with Crippen LogP contribution in [-0.2, 0) is 21.4 Å². The van der Waals surface area contributed by atoms with Crippen LogP contribution in [0.5, 0.6) is 0 Å². The minimum absolute atomic E-state index is 0.164. The summed E-state index contributed by atoms with van der Waals surface area (Å²) < 4.78 is 31.6. The predicted molar refractivity (Wildman–Crippen MR) is 69.0 cm³/mol. The van der Waals surface area contributed by atoms with Crippen LogP contribution in [0.25, 0.3) is 0 Å². The summed E-state index contributed by atoms with van der Waals surface area (Å²) >= 11 is 1.23. The van der Waals surface area contributed by atoms with Crippen LogP contribution in [0.1, 0.15) is 17.7 Å². The molecule has 18 heavy (non-hydrogen) atoms. The van der Waals surface area contributed by atoms with Crippen molar-refractivity contribution in [3.05, 3.63) is 16.3 Å². The van der Waals surface area contributed by atoms with Crippen molar-refractivity contribution in [1.29, 1.82) is 0 Å². The second-order valence-electron chi connectivity index (χ2n) is 4.28. The van der Waals surface area contributed by atoms with Crippen molar-refractivity contribution < 1.29 is 18.3 Å². The van der Waals surface area contributed by atoms with Gasteiger partial charge in [-0.1, -0.05) is 0 Å². The van der Waals surface area contributed by atoms with Gasteiger partial charge in [0.05, 0.1) is 18.1 Å².